The third-order valence-corrected chi connectivity index (χ3v) is 4.56. The molecule has 0 aromatic heterocycles. The first-order valence-electron chi connectivity index (χ1n) is 9.27. The van der Waals surface area contributed by atoms with E-state index in [0.29, 0.717) is 19.6 Å². The monoisotopic (exact) mass is 379 g/mol. The van der Waals surface area contributed by atoms with Crippen molar-refractivity contribution >= 4 is 23.4 Å². The molecule has 2 rings (SSSR count). The largest absolute Gasteiger partial charge is 0.393 e. The van der Waals surface area contributed by atoms with E-state index in [9.17, 15) is 4.79 Å². The second kappa shape index (κ2) is 10.2. The van der Waals surface area contributed by atoms with E-state index in [1.165, 1.54) is 6.21 Å². The van der Waals surface area contributed by atoms with Crippen molar-refractivity contribution in [3.8, 4) is 0 Å². The molecular weight excluding hydrogens is 350 g/mol. The number of hydrogen-bond donors (Lipinski definition) is 4. The minimum Gasteiger partial charge on any atom is -0.393 e. The van der Waals surface area contributed by atoms with E-state index >= 15 is 0 Å². The molecule has 1 aromatic rings. The SMILES string of the molecule is C=CCNC1=C(C(=C)Nc2cccc(/C(C=N)=C/NC)c2)CN(C(C)=O)CC1. The summed E-state index contributed by atoms with van der Waals surface area (Å²) in [4.78, 5) is 13.7. The Kier molecular flexibility index (Phi) is 7.63. The van der Waals surface area contributed by atoms with Crippen molar-refractivity contribution in [2.24, 2.45) is 0 Å². The third-order valence-electron chi connectivity index (χ3n) is 4.56. The fourth-order valence-electron chi connectivity index (χ4n) is 3.09. The van der Waals surface area contributed by atoms with E-state index in [1.54, 1.807) is 13.1 Å². The Balaban J connectivity index is 2.26. The van der Waals surface area contributed by atoms with Crippen LogP contribution in [0.15, 0.2) is 66.7 Å². The molecule has 0 bridgehead atoms. The van der Waals surface area contributed by atoms with Crippen LogP contribution in [0.4, 0.5) is 5.69 Å². The molecule has 1 amide bonds. The molecule has 0 aliphatic carbocycles. The number of hydrogen-bond acceptors (Lipinski definition) is 5. The average Bonchev–Trinajstić information content (AvgIpc) is 2.70. The van der Waals surface area contributed by atoms with Crippen molar-refractivity contribution in [2.75, 3.05) is 32.0 Å². The van der Waals surface area contributed by atoms with E-state index in [4.69, 9.17) is 5.41 Å². The van der Waals surface area contributed by atoms with Crippen LogP contribution >= 0.6 is 0 Å². The first kappa shape index (κ1) is 21.0. The Hall–Kier alpha value is -3.28. The summed E-state index contributed by atoms with van der Waals surface area (Å²) in [5.41, 5.74) is 5.42. The van der Waals surface area contributed by atoms with Crippen LogP contribution in [0.2, 0.25) is 0 Å². The quantitative estimate of drug-likeness (QED) is 0.393. The molecule has 4 N–H and O–H groups in total. The Morgan fingerprint density at radius 1 is 1.39 bits per heavy atom. The second-order valence-corrected chi connectivity index (χ2v) is 6.53. The zero-order chi connectivity index (χ0) is 20.5. The highest BCUT2D eigenvalue weighted by atomic mass is 16.2. The van der Waals surface area contributed by atoms with Crippen LogP contribution < -0.4 is 16.0 Å². The Labute approximate surface area is 167 Å². The van der Waals surface area contributed by atoms with Gasteiger partial charge in [-0.2, -0.15) is 0 Å². The van der Waals surface area contributed by atoms with Gasteiger partial charge in [0.25, 0.3) is 0 Å². The molecule has 1 aliphatic heterocycles. The molecule has 0 fully saturated rings. The minimum atomic E-state index is 0.0582. The summed E-state index contributed by atoms with van der Waals surface area (Å²) in [5.74, 6) is 0.0582. The first-order valence-corrected chi connectivity index (χ1v) is 9.27. The second-order valence-electron chi connectivity index (χ2n) is 6.53. The summed E-state index contributed by atoms with van der Waals surface area (Å²) < 4.78 is 0. The van der Waals surface area contributed by atoms with E-state index in [-0.39, 0.29) is 5.91 Å². The van der Waals surface area contributed by atoms with Gasteiger partial charge in [-0.1, -0.05) is 24.8 Å². The predicted octanol–water partition coefficient (Wildman–Crippen LogP) is 3.10. The van der Waals surface area contributed by atoms with Crippen LogP contribution in [0.1, 0.15) is 18.9 Å². The number of allylic oxidation sites excluding steroid dienone is 1. The standard InChI is InChI=1S/C22H29N5O/c1-5-10-25-22-9-11-27(17(3)28)15-21(22)16(2)26-20-8-6-7-18(12-20)19(13-23)14-24-4/h5-8,12-14,23-26H,1-2,9-11,15H2,3-4H3/b19-14+,23-13?. The molecule has 0 radical (unpaired) electrons. The van der Waals surface area contributed by atoms with Gasteiger partial charge >= 0.3 is 0 Å². The summed E-state index contributed by atoms with van der Waals surface area (Å²) in [5, 5.41) is 17.3. The van der Waals surface area contributed by atoms with Gasteiger partial charge in [0.15, 0.2) is 0 Å². The highest BCUT2D eigenvalue weighted by Gasteiger charge is 2.22. The van der Waals surface area contributed by atoms with Crippen molar-refractivity contribution in [3.63, 3.8) is 0 Å². The van der Waals surface area contributed by atoms with Crippen molar-refractivity contribution < 1.29 is 4.79 Å². The van der Waals surface area contributed by atoms with Gasteiger partial charge in [0.2, 0.25) is 5.91 Å². The van der Waals surface area contributed by atoms with Gasteiger partial charge in [0.05, 0.1) is 0 Å². The van der Waals surface area contributed by atoms with Gasteiger partial charge in [0, 0.05) is 80.7 Å². The number of carbonyl (C=O) groups excluding carboxylic acids is 1. The van der Waals surface area contributed by atoms with E-state index in [1.807, 2.05) is 42.3 Å². The van der Waals surface area contributed by atoms with Crippen LogP contribution in [0.5, 0.6) is 0 Å². The first-order chi connectivity index (χ1) is 13.5. The lowest BCUT2D eigenvalue weighted by Gasteiger charge is -2.31. The van der Waals surface area contributed by atoms with Crippen molar-refractivity contribution in [1.82, 2.24) is 15.5 Å². The molecule has 6 heteroatoms. The van der Waals surface area contributed by atoms with Crippen molar-refractivity contribution in [2.45, 2.75) is 13.3 Å². The van der Waals surface area contributed by atoms with Crippen LogP contribution in [0.25, 0.3) is 5.57 Å². The molecule has 148 valence electrons. The molecule has 0 saturated heterocycles. The smallest absolute Gasteiger partial charge is 0.219 e. The zero-order valence-electron chi connectivity index (χ0n) is 16.6. The molecule has 0 spiro atoms. The van der Waals surface area contributed by atoms with Gasteiger partial charge in [-0.25, -0.2) is 0 Å². The maximum Gasteiger partial charge on any atom is 0.219 e. The molecule has 28 heavy (non-hydrogen) atoms. The number of nitrogens with one attached hydrogen (secondary N) is 4. The predicted molar refractivity (Wildman–Crippen MR) is 117 cm³/mol. The average molecular weight is 380 g/mol. The molecule has 1 aromatic carbocycles. The number of rotatable bonds is 9. The molecule has 0 atom stereocenters. The highest BCUT2D eigenvalue weighted by molar-refractivity contribution is 6.08. The number of anilines is 1. The summed E-state index contributed by atoms with van der Waals surface area (Å²) in [6.07, 6.45) is 5.67. The topological polar surface area (TPSA) is 80.2 Å². The molecule has 0 unspecified atom stereocenters. The van der Waals surface area contributed by atoms with Gasteiger partial charge in [-0.3, -0.25) is 4.79 Å². The minimum absolute atomic E-state index is 0.0582. The maximum absolute atomic E-state index is 11.8. The molecule has 6 nitrogen and oxygen atoms in total. The van der Waals surface area contributed by atoms with Crippen LogP contribution in [0, 0.1) is 5.41 Å². The molecule has 0 saturated carbocycles. The molecule has 1 aliphatic rings. The van der Waals surface area contributed by atoms with Gasteiger partial charge < -0.3 is 26.3 Å². The van der Waals surface area contributed by atoms with E-state index in [0.717, 1.165) is 40.2 Å². The highest BCUT2D eigenvalue weighted by Crippen LogP contribution is 2.25. The van der Waals surface area contributed by atoms with Gasteiger partial charge in [-0.05, 0) is 17.7 Å². The van der Waals surface area contributed by atoms with Crippen LogP contribution in [-0.4, -0.2) is 43.7 Å². The lowest BCUT2D eigenvalue weighted by Crippen LogP contribution is -2.39. The van der Waals surface area contributed by atoms with Crippen molar-refractivity contribution in [3.05, 3.63) is 72.2 Å². The fourth-order valence-corrected chi connectivity index (χ4v) is 3.09. The van der Waals surface area contributed by atoms with Crippen LogP contribution in [-0.2, 0) is 4.79 Å². The Morgan fingerprint density at radius 2 is 2.18 bits per heavy atom. The summed E-state index contributed by atoms with van der Waals surface area (Å²) in [7, 11) is 1.81. The maximum atomic E-state index is 11.8. The van der Waals surface area contributed by atoms with Crippen LogP contribution in [0.3, 0.4) is 0 Å². The van der Waals surface area contributed by atoms with Gasteiger partial charge in [-0.15, -0.1) is 6.58 Å². The Morgan fingerprint density at radius 3 is 2.82 bits per heavy atom. The number of carbonyl (C=O) groups is 1. The lowest BCUT2D eigenvalue weighted by molar-refractivity contribution is -0.128. The molecule has 1 heterocycles. The fraction of sp³-hybridized carbons (Fsp3) is 0.273. The van der Waals surface area contributed by atoms with E-state index < -0.39 is 0 Å². The number of benzene rings is 1. The normalized spacial score (nSPS) is 14.4. The zero-order valence-corrected chi connectivity index (χ0v) is 16.6. The van der Waals surface area contributed by atoms with Crippen molar-refractivity contribution in [1.29, 1.82) is 5.41 Å². The summed E-state index contributed by atoms with van der Waals surface area (Å²) in [6.45, 7) is 11.4. The number of amides is 1. The summed E-state index contributed by atoms with van der Waals surface area (Å²) >= 11 is 0. The number of nitrogens with zero attached hydrogens (tertiary/aromatic N) is 1. The van der Waals surface area contributed by atoms with Gasteiger partial charge in [0.1, 0.15) is 0 Å². The Bertz CT molecular complexity index is 822. The van der Waals surface area contributed by atoms with E-state index in [2.05, 4.69) is 29.1 Å². The molecular formula is C22H29N5O. The summed E-state index contributed by atoms with van der Waals surface area (Å²) in [6, 6.07) is 7.82. The third kappa shape index (κ3) is 5.36. The lowest BCUT2D eigenvalue weighted by atomic mass is 10.0.